The van der Waals surface area contributed by atoms with E-state index in [9.17, 15) is 0 Å². The highest BCUT2D eigenvalue weighted by molar-refractivity contribution is 14.0. The van der Waals surface area contributed by atoms with E-state index in [1.807, 2.05) is 13.0 Å². The lowest BCUT2D eigenvalue weighted by atomic mass is 10.2. The van der Waals surface area contributed by atoms with Crippen molar-refractivity contribution in [3.05, 3.63) is 35.9 Å². The van der Waals surface area contributed by atoms with Gasteiger partial charge in [0, 0.05) is 19.1 Å². The minimum atomic E-state index is 0. The summed E-state index contributed by atoms with van der Waals surface area (Å²) in [6.45, 7) is 7.18. The first-order valence-electron chi connectivity index (χ1n) is 7.37. The average molecular weight is 414 g/mol. The molecule has 0 fully saturated rings. The number of nitrogens with one attached hydrogen (secondary N) is 2. The van der Waals surface area contributed by atoms with E-state index in [4.69, 9.17) is 6.42 Å². The maximum atomic E-state index is 5.26. The molecule has 0 amide bonds. The average Bonchev–Trinajstić information content (AvgIpc) is 2.50. The molecule has 122 valence electrons. The fourth-order valence-corrected chi connectivity index (χ4v) is 1.87. The molecule has 0 saturated carbocycles. The Morgan fingerprint density at radius 3 is 2.59 bits per heavy atom. The second kappa shape index (κ2) is 12.3. The van der Waals surface area contributed by atoms with Gasteiger partial charge in [-0.3, -0.25) is 9.89 Å². The quantitative estimate of drug-likeness (QED) is 0.311. The normalized spacial score (nSPS) is 12.2. The first-order valence-corrected chi connectivity index (χ1v) is 7.37. The molecule has 0 saturated heterocycles. The SMILES string of the molecule is C#CCNC(=NCC(C)N(C)Cc1ccccc1)NCC.I. The second-order valence-electron chi connectivity index (χ2n) is 5.03. The molecule has 1 unspecified atom stereocenters. The molecule has 2 N–H and O–H groups in total. The Bertz CT molecular complexity index is 467. The molecule has 0 aliphatic carbocycles. The molecule has 5 heteroatoms. The summed E-state index contributed by atoms with van der Waals surface area (Å²) in [7, 11) is 2.12. The molecular weight excluding hydrogens is 387 g/mol. The first-order chi connectivity index (χ1) is 10.2. The molecule has 1 rings (SSSR count). The standard InChI is InChI=1S/C17H26N4.HI/c1-5-12-19-17(18-6-2)20-13-15(3)21(4)14-16-10-8-7-9-11-16;/h1,7-11,15H,6,12-14H2,2-4H3,(H2,18,19,20);1H. The topological polar surface area (TPSA) is 39.7 Å². The Balaban J connectivity index is 0.00000441. The second-order valence-corrected chi connectivity index (χ2v) is 5.03. The predicted octanol–water partition coefficient (Wildman–Crippen LogP) is 2.31. The van der Waals surface area contributed by atoms with E-state index < -0.39 is 0 Å². The van der Waals surface area contributed by atoms with Crippen molar-refractivity contribution in [1.82, 2.24) is 15.5 Å². The van der Waals surface area contributed by atoms with E-state index in [0.29, 0.717) is 12.6 Å². The number of guanidine groups is 1. The Morgan fingerprint density at radius 1 is 1.32 bits per heavy atom. The molecule has 0 radical (unpaired) electrons. The van der Waals surface area contributed by atoms with Gasteiger partial charge in [0.1, 0.15) is 0 Å². The highest BCUT2D eigenvalue weighted by Gasteiger charge is 2.09. The molecular formula is C17H27IN4. The fourth-order valence-electron chi connectivity index (χ4n) is 1.87. The van der Waals surface area contributed by atoms with Crippen LogP contribution in [-0.2, 0) is 6.54 Å². The molecule has 0 heterocycles. The highest BCUT2D eigenvalue weighted by Crippen LogP contribution is 2.06. The molecule has 1 atom stereocenters. The van der Waals surface area contributed by atoms with Crippen LogP contribution in [0, 0.1) is 12.3 Å². The number of aliphatic imine (C=N–C) groups is 1. The number of halogens is 1. The third kappa shape index (κ3) is 8.25. The van der Waals surface area contributed by atoms with Gasteiger partial charge in [0.25, 0.3) is 0 Å². The molecule has 1 aromatic carbocycles. The maximum absolute atomic E-state index is 5.26. The van der Waals surface area contributed by atoms with Crippen LogP contribution < -0.4 is 10.6 Å². The van der Waals surface area contributed by atoms with Gasteiger partial charge in [-0.25, -0.2) is 0 Å². The number of terminal acetylenes is 1. The minimum absolute atomic E-state index is 0. The minimum Gasteiger partial charge on any atom is -0.357 e. The summed E-state index contributed by atoms with van der Waals surface area (Å²) in [5, 5.41) is 6.28. The lowest BCUT2D eigenvalue weighted by Gasteiger charge is -2.23. The highest BCUT2D eigenvalue weighted by atomic mass is 127. The summed E-state index contributed by atoms with van der Waals surface area (Å²) < 4.78 is 0. The third-order valence-electron chi connectivity index (χ3n) is 3.24. The summed E-state index contributed by atoms with van der Waals surface area (Å²) in [4.78, 5) is 6.87. The molecule has 1 aromatic rings. The van der Waals surface area contributed by atoms with E-state index in [1.54, 1.807) is 0 Å². The zero-order valence-corrected chi connectivity index (χ0v) is 16.0. The Hall–Kier alpha value is -1.26. The van der Waals surface area contributed by atoms with Crippen LogP contribution in [0.2, 0.25) is 0 Å². The Labute approximate surface area is 151 Å². The summed E-state index contributed by atoms with van der Waals surface area (Å²) in [6, 6.07) is 10.8. The van der Waals surface area contributed by atoms with Crippen molar-refractivity contribution in [1.29, 1.82) is 0 Å². The van der Waals surface area contributed by atoms with E-state index >= 15 is 0 Å². The Morgan fingerprint density at radius 2 is 2.00 bits per heavy atom. The lowest BCUT2D eigenvalue weighted by Crippen LogP contribution is -2.39. The number of nitrogens with zero attached hydrogens (tertiary/aromatic N) is 2. The van der Waals surface area contributed by atoms with Crippen LogP contribution >= 0.6 is 24.0 Å². The Kier molecular flexibility index (Phi) is 11.6. The zero-order chi connectivity index (χ0) is 15.5. The van der Waals surface area contributed by atoms with E-state index in [-0.39, 0.29) is 24.0 Å². The molecule has 0 bridgehead atoms. The van der Waals surface area contributed by atoms with Crippen molar-refractivity contribution in [3.63, 3.8) is 0 Å². The van der Waals surface area contributed by atoms with Crippen LogP contribution in [0.5, 0.6) is 0 Å². The molecule has 0 aliphatic rings. The van der Waals surface area contributed by atoms with Gasteiger partial charge < -0.3 is 10.6 Å². The zero-order valence-electron chi connectivity index (χ0n) is 13.7. The van der Waals surface area contributed by atoms with Crippen molar-refractivity contribution >= 4 is 29.9 Å². The van der Waals surface area contributed by atoms with Crippen LogP contribution in [0.4, 0.5) is 0 Å². The molecule has 0 aliphatic heterocycles. The van der Waals surface area contributed by atoms with Crippen molar-refractivity contribution in [2.24, 2.45) is 4.99 Å². The van der Waals surface area contributed by atoms with Crippen molar-refractivity contribution < 1.29 is 0 Å². The summed E-state index contributed by atoms with van der Waals surface area (Å²) in [5.41, 5.74) is 1.31. The molecule has 0 spiro atoms. The monoisotopic (exact) mass is 414 g/mol. The first kappa shape index (κ1) is 20.7. The van der Waals surface area contributed by atoms with E-state index in [2.05, 4.69) is 64.7 Å². The van der Waals surface area contributed by atoms with Gasteiger partial charge in [-0.2, -0.15) is 0 Å². The number of hydrogen-bond donors (Lipinski definition) is 2. The summed E-state index contributed by atoms with van der Waals surface area (Å²) >= 11 is 0. The maximum Gasteiger partial charge on any atom is 0.192 e. The number of likely N-dealkylation sites (N-methyl/N-ethyl adjacent to an activating group) is 1. The predicted molar refractivity (Wildman–Crippen MR) is 106 cm³/mol. The van der Waals surface area contributed by atoms with Crippen LogP contribution in [0.25, 0.3) is 0 Å². The van der Waals surface area contributed by atoms with E-state index in [0.717, 1.165) is 25.6 Å². The van der Waals surface area contributed by atoms with Crippen molar-refractivity contribution in [2.45, 2.75) is 26.4 Å². The smallest absolute Gasteiger partial charge is 0.192 e. The van der Waals surface area contributed by atoms with Gasteiger partial charge in [0.15, 0.2) is 5.96 Å². The molecule has 22 heavy (non-hydrogen) atoms. The molecule has 0 aromatic heterocycles. The van der Waals surface area contributed by atoms with Gasteiger partial charge in [-0.15, -0.1) is 30.4 Å². The van der Waals surface area contributed by atoms with Crippen molar-refractivity contribution in [2.75, 3.05) is 26.7 Å². The number of hydrogen-bond acceptors (Lipinski definition) is 2. The third-order valence-corrected chi connectivity index (χ3v) is 3.24. The number of rotatable bonds is 7. The van der Waals surface area contributed by atoms with Crippen LogP contribution in [-0.4, -0.2) is 43.6 Å². The largest absolute Gasteiger partial charge is 0.357 e. The van der Waals surface area contributed by atoms with Crippen LogP contribution in [0.3, 0.4) is 0 Å². The molecule has 4 nitrogen and oxygen atoms in total. The van der Waals surface area contributed by atoms with Gasteiger partial charge in [0.2, 0.25) is 0 Å². The summed E-state index contributed by atoms with van der Waals surface area (Å²) in [5.74, 6) is 3.33. The van der Waals surface area contributed by atoms with Crippen LogP contribution in [0.1, 0.15) is 19.4 Å². The van der Waals surface area contributed by atoms with Gasteiger partial charge in [-0.1, -0.05) is 36.3 Å². The van der Waals surface area contributed by atoms with Crippen molar-refractivity contribution in [3.8, 4) is 12.3 Å². The van der Waals surface area contributed by atoms with Gasteiger partial charge in [-0.05, 0) is 26.5 Å². The number of benzene rings is 1. The van der Waals surface area contributed by atoms with Crippen LogP contribution in [0.15, 0.2) is 35.3 Å². The van der Waals surface area contributed by atoms with Gasteiger partial charge in [0.05, 0.1) is 13.1 Å². The lowest BCUT2D eigenvalue weighted by molar-refractivity contribution is 0.255. The summed E-state index contributed by atoms with van der Waals surface area (Å²) in [6.07, 6.45) is 5.26. The van der Waals surface area contributed by atoms with Gasteiger partial charge >= 0.3 is 0 Å². The fraction of sp³-hybridized carbons (Fsp3) is 0.471. The van der Waals surface area contributed by atoms with E-state index in [1.165, 1.54) is 5.56 Å².